The van der Waals surface area contributed by atoms with E-state index >= 15 is 0 Å². The maximum Gasteiger partial charge on any atom is 0.222 e. The number of methoxy groups -OCH3 is 1. The minimum Gasteiger partial charge on any atom is -0.383 e. The van der Waals surface area contributed by atoms with Gasteiger partial charge in [-0.1, -0.05) is 13.3 Å². The second-order valence-electron chi connectivity index (χ2n) is 4.60. The van der Waals surface area contributed by atoms with Crippen LogP contribution in [0.15, 0.2) is 0 Å². The van der Waals surface area contributed by atoms with Crippen LogP contribution in [0.1, 0.15) is 26.2 Å². The van der Waals surface area contributed by atoms with Crippen molar-refractivity contribution >= 4 is 5.91 Å². The summed E-state index contributed by atoms with van der Waals surface area (Å²) in [6.45, 7) is 4.52. The second-order valence-corrected chi connectivity index (χ2v) is 4.60. The molecule has 1 aliphatic heterocycles. The summed E-state index contributed by atoms with van der Waals surface area (Å²) in [7, 11) is 3.60. The fraction of sp³-hybridized carbons (Fsp3) is 0.917. The summed E-state index contributed by atoms with van der Waals surface area (Å²) in [4.78, 5) is 13.7. The molecule has 1 aliphatic rings. The highest BCUT2D eigenvalue weighted by Crippen LogP contribution is 2.22. The Hall–Kier alpha value is -0.610. The second kappa shape index (κ2) is 6.86. The topological polar surface area (TPSA) is 41.6 Å². The summed E-state index contributed by atoms with van der Waals surface area (Å²) in [5, 5.41) is 3.18. The smallest absolute Gasteiger partial charge is 0.222 e. The number of carbonyl (C=O) groups is 1. The summed E-state index contributed by atoms with van der Waals surface area (Å²) in [6.07, 6.45) is 3.06. The molecule has 2 atom stereocenters. The molecule has 1 rings (SSSR count). The van der Waals surface area contributed by atoms with Gasteiger partial charge in [-0.3, -0.25) is 4.79 Å². The molecule has 2 unspecified atom stereocenters. The van der Waals surface area contributed by atoms with Crippen LogP contribution in [0.5, 0.6) is 0 Å². The molecular weight excluding hydrogens is 204 g/mol. The molecule has 1 N–H and O–H groups in total. The Labute approximate surface area is 98.3 Å². The van der Waals surface area contributed by atoms with E-state index in [2.05, 4.69) is 12.2 Å². The molecule has 1 fully saturated rings. The van der Waals surface area contributed by atoms with Crippen molar-refractivity contribution in [2.24, 2.45) is 5.92 Å². The molecule has 1 saturated heterocycles. The van der Waals surface area contributed by atoms with Crippen LogP contribution in [-0.4, -0.2) is 50.7 Å². The van der Waals surface area contributed by atoms with Crippen LogP contribution in [0.4, 0.5) is 0 Å². The zero-order chi connectivity index (χ0) is 12.0. The van der Waals surface area contributed by atoms with E-state index in [1.54, 1.807) is 7.11 Å². The van der Waals surface area contributed by atoms with E-state index in [1.165, 1.54) is 6.42 Å². The SMILES string of the molecule is CCCC1CC(=O)N(CC(COC)NC)C1. The third kappa shape index (κ3) is 3.76. The molecule has 0 radical (unpaired) electrons. The van der Waals surface area contributed by atoms with Crippen molar-refractivity contribution in [3.63, 3.8) is 0 Å². The van der Waals surface area contributed by atoms with E-state index in [9.17, 15) is 4.79 Å². The number of rotatable bonds is 7. The lowest BCUT2D eigenvalue weighted by Gasteiger charge is -2.23. The van der Waals surface area contributed by atoms with Crippen molar-refractivity contribution in [1.29, 1.82) is 0 Å². The molecule has 0 aliphatic carbocycles. The van der Waals surface area contributed by atoms with E-state index < -0.39 is 0 Å². The number of nitrogens with one attached hydrogen (secondary N) is 1. The van der Waals surface area contributed by atoms with Crippen molar-refractivity contribution in [2.75, 3.05) is 33.9 Å². The van der Waals surface area contributed by atoms with Crippen LogP contribution in [0.3, 0.4) is 0 Å². The summed E-state index contributed by atoms with van der Waals surface area (Å²) >= 11 is 0. The van der Waals surface area contributed by atoms with E-state index in [4.69, 9.17) is 4.74 Å². The molecule has 16 heavy (non-hydrogen) atoms. The third-order valence-electron chi connectivity index (χ3n) is 3.21. The molecule has 4 heteroatoms. The van der Waals surface area contributed by atoms with Gasteiger partial charge in [0.05, 0.1) is 6.61 Å². The molecule has 0 bridgehead atoms. The van der Waals surface area contributed by atoms with Crippen molar-refractivity contribution in [3.05, 3.63) is 0 Å². The predicted molar refractivity (Wildman–Crippen MR) is 64.3 cm³/mol. The van der Waals surface area contributed by atoms with Crippen molar-refractivity contribution in [2.45, 2.75) is 32.2 Å². The number of carbonyl (C=O) groups excluding carboxylic acids is 1. The standard InChI is InChI=1S/C12H24N2O2/c1-4-5-10-6-12(15)14(7-10)8-11(13-2)9-16-3/h10-11,13H,4-9H2,1-3H3. The monoisotopic (exact) mass is 228 g/mol. The Morgan fingerprint density at radius 3 is 2.94 bits per heavy atom. The van der Waals surface area contributed by atoms with Gasteiger partial charge in [-0.05, 0) is 19.4 Å². The largest absolute Gasteiger partial charge is 0.383 e. The molecule has 0 saturated carbocycles. The average Bonchev–Trinajstić information content (AvgIpc) is 2.59. The number of likely N-dealkylation sites (N-methyl/N-ethyl adjacent to an activating group) is 1. The Kier molecular flexibility index (Phi) is 5.77. The Balaban J connectivity index is 2.39. The number of nitrogens with zero attached hydrogens (tertiary/aromatic N) is 1. The van der Waals surface area contributed by atoms with Crippen LogP contribution >= 0.6 is 0 Å². The molecule has 4 nitrogen and oxygen atoms in total. The Morgan fingerprint density at radius 2 is 2.38 bits per heavy atom. The molecule has 0 aromatic heterocycles. The Bertz CT molecular complexity index is 221. The van der Waals surface area contributed by atoms with Gasteiger partial charge in [-0.25, -0.2) is 0 Å². The molecular formula is C12H24N2O2. The van der Waals surface area contributed by atoms with Gasteiger partial charge >= 0.3 is 0 Å². The summed E-state index contributed by atoms with van der Waals surface area (Å²) in [6, 6.07) is 0.245. The summed E-state index contributed by atoms with van der Waals surface area (Å²) in [5.74, 6) is 0.868. The average molecular weight is 228 g/mol. The summed E-state index contributed by atoms with van der Waals surface area (Å²) < 4.78 is 5.11. The predicted octanol–water partition coefficient (Wildman–Crippen LogP) is 0.869. The maximum atomic E-state index is 11.8. The van der Waals surface area contributed by atoms with Gasteiger partial charge in [0, 0.05) is 32.7 Å². The van der Waals surface area contributed by atoms with Crippen molar-refractivity contribution in [1.82, 2.24) is 10.2 Å². The highest BCUT2D eigenvalue weighted by Gasteiger charge is 2.29. The van der Waals surface area contributed by atoms with Gasteiger partial charge in [0.2, 0.25) is 5.91 Å². The summed E-state index contributed by atoms with van der Waals surface area (Å²) in [5.41, 5.74) is 0. The Morgan fingerprint density at radius 1 is 1.62 bits per heavy atom. The number of ether oxygens (including phenoxy) is 1. The van der Waals surface area contributed by atoms with Crippen LogP contribution < -0.4 is 5.32 Å². The molecule has 0 aromatic rings. The van der Waals surface area contributed by atoms with E-state index in [0.717, 1.165) is 25.9 Å². The van der Waals surface area contributed by atoms with Gasteiger partial charge in [0.25, 0.3) is 0 Å². The first kappa shape index (κ1) is 13.5. The number of amides is 1. The molecule has 1 heterocycles. The number of hydrogen-bond donors (Lipinski definition) is 1. The van der Waals surface area contributed by atoms with E-state index in [-0.39, 0.29) is 6.04 Å². The fourth-order valence-corrected chi connectivity index (χ4v) is 2.33. The number of hydrogen-bond acceptors (Lipinski definition) is 3. The lowest BCUT2D eigenvalue weighted by atomic mass is 10.0. The van der Waals surface area contributed by atoms with Crippen LogP contribution in [0.2, 0.25) is 0 Å². The van der Waals surface area contributed by atoms with Crippen molar-refractivity contribution < 1.29 is 9.53 Å². The van der Waals surface area contributed by atoms with Crippen LogP contribution in [0.25, 0.3) is 0 Å². The van der Waals surface area contributed by atoms with Gasteiger partial charge < -0.3 is 15.0 Å². The lowest BCUT2D eigenvalue weighted by molar-refractivity contribution is -0.128. The minimum absolute atomic E-state index is 0.245. The zero-order valence-electron chi connectivity index (χ0n) is 10.7. The highest BCUT2D eigenvalue weighted by molar-refractivity contribution is 5.78. The van der Waals surface area contributed by atoms with E-state index in [0.29, 0.717) is 18.4 Å². The number of likely N-dealkylation sites (tertiary alicyclic amines) is 1. The van der Waals surface area contributed by atoms with Gasteiger partial charge in [-0.15, -0.1) is 0 Å². The van der Waals surface area contributed by atoms with Gasteiger partial charge in [0.15, 0.2) is 0 Å². The van der Waals surface area contributed by atoms with Gasteiger partial charge in [0.1, 0.15) is 0 Å². The van der Waals surface area contributed by atoms with Crippen LogP contribution in [-0.2, 0) is 9.53 Å². The first-order chi connectivity index (χ1) is 7.71. The third-order valence-corrected chi connectivity index (χ3v) is 3.21. The minimum atomic E-state index is 0.245. The van der Waals surface area contributed by atoms with Gasteiger partial charge in [-0.2, -0.15) is 0 Å². The lowest BCUT2D eigenvalue weighted by Crippen LogP contribution is -2.42. The zero-order valence-corrected chi connectivity index (χ0v) is 10.7. The molecule has 0 spiro atoms. The molecule has 1 amide bonds. The normalized spacial score (nSPS) is 22.8. The van der Waals surface area contributed by atoms with Crippen molar-refractivity contribution in [3.8, 4) is 0 Å². The van der Waals surface area contributed by atoms with E-state index in [1.807, 2.05) is 11.9 Å². The molecule has 0 aromatic carbocycles. The quantitative estimate of drug-likeness (QED) is 0.703. The highest BCUT2D eigenvalue weighted by atomic mass is 16.5. The fourth-order valence-electron chi connectivity index (χ4n) is 2.33. The first-order valence-electron chi connectivity index (χ1n) is 6.15. The van der Waals surface area contributed by atoms with Crippen LogP contribution in [0, 0.1) is 5.92 Å². The maximum absolute atomic E-state index is 11.8. The molecule has 94 valence electrons. The first-order valence-corrected chi connectivity index (χ1v) is 6.15.